The van der Waals surface area contributed by atoms with Gasteiger partial charge in [0.05, 0.1) is 6.10 Å². The topological polar surface area (TPSA) is 58.0 Å². The molecule has 5 heteroatoms. The number of anilines is 1. The normalized spacial score (nSPS) is 12.5. The summed E-state index contributed by atoms with van der Waals surface area (Å²) in [6, 6.07) is 3.46. The third-order valence-electron chi connectivity index (χ3n) is 1.74. The summed E-state index contributed by atoms with van der Waals surface area (Å²) in [5.41, 5.74) is 0. The molecule has 0 saturated carbocycles. The predicted molar refractivity (Wildman–Crippen MR) is 56.4 cm³/mol. The van der Waals surface area contributed by atoms with E-state index in [2.05, 4.69) is 15.5 Å². The molecular weight excluding hydrogens is 202 g/mol. The minimum Gasteiger partial charge on any atom is -0.393 e. The molecule has 78 valence electrons. The molecule has 0 saturated heterocycles. The second-order valence-corrected chi connectivity index (χ2v) is 3.55. The molecule has 0 aromatic carbocycles. The Bertz CT molecular complexity index is 263. The second kappa shape index (κ2) is 5.78. The Balaban J connectivity index is 2.21. The molecule has 0 fully saturated rings. The molecule has 1 atom stereocenters. The molecule has 0 amide bonds. The molecule has 4 nitrogen and oxygen atoms in total. The maximum Gasteiger partial charge on any atom is 0.151 e. The zero-order valence-corrected chi connectivity index (χ0v) is 8.83. The summed E-state index contributed by atoms with van der Waals surface area (Å²) < 4.78 is 0. The highest BCUT2D eigenvalue weighted by Crippen LogP contribution is 2.06. The van der Waals surface area contributed by atoms with E-state index in [1.54, 1.807) is 19.1 Å². The number of nitrogens with one attached hydrogen (secondary N) is 1. The summed E-state index contributed by atoms with van der Waals surface area (Å²) in [6.45, 7) is 2.56. The third kappa shape index (κ3) is 4.39. The van der Waals surface area contributed by atoms with Crippen LogP contribution < -0.4 is 5.32 Å². The fourth-order valence-electron chi connectivity index (χ4n) is 1.02. The Morgan fingerprint density at radius 3 is 2.86 bits per heavy atom. The van der Waals surface area contributed by atoms with Gasteiger partial charge in [-0.2, -0.15) is 0 Å². The van der Waals surface area contributed by atoms with Gasteiger partial charge in [-0.25, -0.2) is 0 Å². The summed E-state index contributed by atoms with van der Waals surface area (Å²) in [5, 5.41) is 20.0. The number of nitrogens with zero attached hydrogens (tertiary/aromatic N) is 2. The lowest BCUT2D eigenvalue weighted by Crippen LogP contribution is -2.07. The lowest BCUT2D eigenvalue weighted by molar-refractivity contribution is 0.183. The Hall–Kier alpha value is -0.870. The number of hydrogen-bond donors (Lipinski definition) is 2. The van der Waals surface area contributed by atoms with Gasteiger partial charge in [0.2, 0.25) is 0 Å². The van der Waals surface area contributed by atoms with Gasteiger partial charge >= 0.3 is 0 Å². The van der Waals surface area contributed by atoms with E-state index >= 15 is 0 Å². The van der Waals surface area contributed by atoms with E-state index in [0.29, 0.717) is 11.0 Å². The molecule has 1 heterocycles. The monoisotopic (exact) mass is 215 g/mol. The van der Waals surface area contributed by atoms with Gasteiger partial charge in [-0.3, -0.25) is 0 Å². The molecule has 14 heavy (non-hydrogen) atoms. The fraction of sp³-hybridized carbons (Fsp3) is 0.556. The van der Waals surface area contributed by atoms with Crippen LogP contribution >= 0.6 is 11.6 Å². The van der Waals surface area contributed by atoms with Gasteiger partial charge in [0.15, 0.2) is 5.15 Å². The van der Waals surface area contributed by atoms with Crippen molar-refractivity contribution >= 4 is 17.4 Å². The highest BCUT2D eigenvalue weighted by molar-refractivity contribution is 6.29. The van der Waals surface area contributed by atoms with Crippen molar-refractivity contribution in [3.8, 4) is 0 Å². The average Bonchev–Trinajstić information content (AvgIpc) is 2.15. The molecular formula is C9H14ClN3O. The maximum absolute atomic E-state index is 9.01. The predicted octanol–water partition coefficient (Wildman–Crippen LogP) is 1.70. The minimum absolute atomic E-state index is 0.242. The molecule has 0 aliphatic heterocycles. The summed E-state index contributed by atoms with van der Waals surface area (Å²) >= 11 is 5.58. The van der Waals surface area contributed by atoms with Gasteiger partial charge in [-0.1, -0.05) is 11.6 Å². The number of aromatic nitrogens is 2. The highest BCUT2D eigenvalue weighted by atomic mass is 35.5. The van der Waals surface area contributed by atoms with Crippen molar-refractivity contribution in [3.63, 3.8) is 0 Å². The average molecular weight is 216 g/mol. The van der Waals surface area contributed by atoms with Gasteiger partial charge in [0, 0.05) is 6.54 Å². The molecule has 0 spiro atoms. The van der Waals surface area contributed by atoms with E-state index in [9.17, 15) is 0 Å². The van der Waals surface area contributed by atoms with Crippen LogP contribution in [0.25, 0.3) is 0 Å². The van der Waals surface area contributed by atoms with Gasteiger partial charge < -0.3 is 10.4 Å². The first-order valence-electron chi connectivity index (χ1n) is 4.59. The van der Waals surface area contributed by atoms with Gasteiger partial charge in [0.25, 0.3) is 0 Å². The zero-order valence-electron chi connectivity index (χ0n) is 8.07. The van der Waals surface area contributed by atoms with Crippen LogP contribution in [-0.4, -0.2) is 28.0 Å². The Morgan fingerprint density at radius 1 is 1.50 bits per heavy atom. The van der Waals surface area contributed by atoms with Crippen LogP contribution in [0.15, 0.2) is 12.1 Å². The smallest absolute Gasteiger partial charge is 0.151 e. The summed E-state index contributed by atoms with van der Waals surface area (Å²) in [4.78, 5) is 0. The van der Waals surface area contributed by atoms with Crippen molar-refractivity contribution in [2.75, 3.05) is 11.9 Å². The van der Waals surface area contributed by atoms with Gasteiger partial charge in [0.1, 0.15) is 5.82 Å². The first kappa shape index (κ1) is 11.2. The van der Waals surface area contributed by atoms with Crippen molar-refractivity contribution in [3.05, 3.63) is 17.3 Å². The third-order valence-corrected chi connectivity index (χ3v) is 1.94. The van der Waals surface area contributed by atoms with Crippen molar-refractivity contribution < 1.29 is 5.11 Å². The van der Waals surface area contributed by atoms with Crippen LogP contribution in [-0.2, 0) is 0 Å². The van der Waals surface area contributed by atoms with Crippen LogP contribution in [0.5, 0.6) is 0 Å². The largest absolute Gasteiger partial charge is 0.393 e. The van der Waals surface area contributed by atoms with Gasteiger partial charge in [-0.15, -0.1) is 10.2 Å². The number of halogens is 1. The van der Waals surface area contributed by atoms with E-state index in [4.69, 9.17) is 16.7 Å². The molecule has 0 radical (unpaired) electrons. The van der Waals surface area contributed by atoms with Crippen molar-refractivity contribution in [1.29, 1.82) is 0 Å². The molecule has 1 aromatic rings. The number of rotatable bonds is 5. The van der Waals surface area contributed by atoms with E-state index in [0.717, 1.165) is 19.4 Å². The highest BCUT2D eigenvalue weighted by Gasteiger charge is 1.97. The Morgan fingerprint density at radius 2 is 2.29 bits per heavy atom. The van der Waals surface area contributed by atoms with Crippen LogP contribution in [0.2, 0.25) is 5.15 Å². The summed E-state index contributed by atoms with van der Waals surface area (Å²) in [5.74, 6) is 0.708. The van der Waals surface area contributed by atoms with Crippen LogP contribution in [0.4, 0.5) is 5.82 Å². The fourth-order valence-corrected chi connectivity index (χ4v) is 1.13. The first-order chi connectivity index (χ1) is 6.68. The van der Waals surface area contributed by atoms with E-state index < -0.39 is 0 Å². The van der Waals surface area contributed by atoms with Gasteiger partial charge in [-0.05, 0) is 31.9 Å². The first-order valence-corrected chi connectivity index (χ1v) is 4.97. The van der Waals surface area contributed by atoms with E-state index in [-0.39, 0.29) is 6.10 Å². The zero-order chi connectivity index (χ0) is 10.4. The van der Waals surface area contributed by atoms with Crippen LogP contribution in [0, 0.1) is 0 Å². The minimum atomic E-state index is -0.242. The molecule has 2 N–H and O–H groups in total. The quantitative estimate of drug-likeness (QED) is 0.735. The number of hydrogen-bond acceptors (Lipinski definition) is 4. The summed E-state index contributed by atoms with van der Waals surface area (Å²) in [6.07, 6.45) is 1.45. The Labute approximate surface area is 88.3 Å². The Kier molecular flexibility index (Phi) is 4.62. The molecule has 1 rings (SSSR count). The molecule has 0 aliphatic carbocycles. The molecule has 1 aromatic heterocycles. The SMILES string of the molecule is CC(O)CCCNc1ccc(Cl)nn1. The molecule has 1 unspecified atom stereocenters. The van der Waals surface area contributed by atoms with Crippen molar-refractivity contribution in [2.45, 2.75) is 25.9 Å². The molecule has 0 aliphatic rings. The van der Waals surface area contributed by atoms with Crippen molar-refractivity contribution in [2.24, 2.45) is 0 Å². The van der Waals surface area contributed by atoms with E-state index in [1.165, 1.54) is 0 Å². The second-order valence-electron chi connectivity index (χ2n) is 3.16. The van der Waals surface area contributed by atoms with Crippen LogP contribution in [0.3, 0.4) is 0 Å². The summed E-state index contributed by atoms with van der Waals surface area (Å²) in [7, 11) is 0. The number of aliphatic hydroxyl groups excluding tert-OH is 1. The van der Waals surface area contributed by atoms with Crippen LogP contribution in [0.1, 0.15) is 19.8 Å². The maximum atomic E-state index is 9.01. The number of aliphatic hydroxyl groups is 1. The molecule has 0 bridgehead atoms. The lowest BCUT2D eigenvalue weighted by atomic mass is 10.2. The standard InChI is InChI=1S/C9H14ClN3O/c1-7(14)3-2-6-11-9-5-4-8(10)12-13-9/h4-5,7,14H,2-3,6H2,1H3,(H,11,13). The van der Waals surface area contributed by atoms with Crippen molar-refractivity contribution in [1.82, 2.24) is 10.2 Å². The lowest BCUT2D eigenvalue weighted by Gasteiger charge is -2.05. The van der Waals surface area contributed by atoms with E-state index in [1.807, 2.05) is 0 Å².